The van der Waals surface area contributed by atoms with Gasteiger partial charge in [0.05, 0.1) is 0 Å². The molecule has 106 valence electrons. The topological polar surface area (TPSA) is 48.1 Å². The summed E-state index contributed by atoms with van der Waals surface area (Å²) in [6, 6.07) is 2.00. The molecule has 4 heteroatoms. The van der Waals surface area contributed by atoms with Gasteiger partial charge in [0, 0.05) is 50.8 Å². The average Bonchev–Trinajstić information content (AvgIpc) is 2.37. The third-order valence-electron chi connectivity index (χ3n) is 4.00. The summed E-state index contributed by atoms with van der Waals surface area (Å²) in [4.78, 5) is 0. The van der Waals surface area contributed by atoms with Crippen molar-refractivity contribution in [1.82, 2.24) is 21.3 Å². The molecule has 0 radical (unpaired) electrons. The van der Waals surface area contributed by atoms with Crippen LogP contribution in [0.25, 0.3) is 0 Å². The third-order valence-corrected chi connectivity index (χ3v) is 4.00. The molecule has 4 nitrogen and oxygen atoms in total. The maximum Gasteiger partial charge on any atom is 0.0198 e. The Balaban J connectivity index is 1.65. The average molecular weight is 254 g/mol. The molecule has 2 rings (SSSR count). The van der Waals surface area contributed by atoms with Gasteiger partial charge in [-0.25, -0.2) is 0 Å². The normalized spacial score (nSPS) is 33.8. The molecule has 0 saturated carbocycles. The molecule has 4 N–H and O–H groups in total. The first-order chi connectivity index (χ1) is 8.74. The first kappa shape index (κ1) is 14.3. The Labute approximate surface area is 112 Å². The van der Waals surface area contributed by atoms with Crippen LogP contribution >= 0.6 is 0 Å². The van der Waals surface area contributed by atoms with Crippen molar-refractivity contribution in [3.05, 3.63) is 0 Å². The zero-order chi connectivity index (χ0) is 12.8. The van der Waals surface area contributed by atoms with E-state index in [9.17, 15) is 0 Å². The smallest absolute Gasteiger partial charge is 0.0198 e. The molecule has 0 aromatic carbocycles. The SMILES string of the molecule is CC(C)C[C@@H]1CNCC(CC[C@H]2CNCCN2)N1. The molecule has 0 amide bonds. The molecule has 2 heterocycles. The predicted molar refractivity (Wildman–Crippen MR) is 76.9 cm³/mol. The van der Waals surface area contributed by atoms with E-state index in [4.69, 9.17) is 0 Å². The molecule has 0 spiro atoms. The van der Waals surface area contributed by atoms with E-state index < -0.39 is 0 Å². The van der Waals surface area contributed by atoms with Crippen LogP contribution in [-0.2, 0) is 0 Å². The van der Waals surface area contributed by atoms with Crippen LogP contribution in [0.4, 0.5) is 0 Å². The quantitative estimate of drug-likeness (QED) is 0.570. The van der Waals surface area contributed by atoms with Gasteiger partial charge < -0.3 is 21.3 Å². The van der Waals surface area contributed by atoms with Crippen molar-refractivity contribution in [2.75, 3.05) is 32.7 Å². The minimum absolute atomic E-state index is 0.659. The van der Waals surface area contributed by atoms with E-state index in [1.54, 1.807) is 0 Å². The van der Waals surface area contributed by atoms with Crippen LogP contribution in [0, 0.1) is 5.92 Å². The highest BCUT2D eigenvalue weighted by molar-refractivity contribution is 4.86. The highest BCUT2D eigenvalue weighted by Gasteiger charge is 2.22. The zero-order valence-electron chi connectivity index (χ0n) is 12.0. The van der Waals surface area contributed by atoms with Gasteiger partial charge in [0.25, 0.3) is 0 Å². The van der Waals surface area contributed by atoms with Crippen LogP contribution in [0.1, 0.15) is 33.1 Å². The van der Waals surface area contributed by atoms with Crippen molar-refractivity contribution in [2.45, 2.75) is 51.2 Å². The Morgan fingerprint density at radius 2 is 1.61 bits per heavy atom. The fraction of sp³-hybridized carbons (Fsp3) is 1.00. The zero-order valence-corrected chi connectivity index (χ0v) is 12.0. The first-order valence-corrected chi connectivity index (χ1v) is 7.65. The number of hydrogen-bond donors (Lipinski definition) is 4. The first-order valence-electron chi connectivity index (χ1n) is 7.65. The van der Waals surface area contributed by atoms with E-state index in [0.717, 1.165) is 38.6 Å². The molecule has 2 saturated heterocycles. The molecule has 2 fully saturated rings. The van der Waals surface area contributed by atoms with Crippen molar-refractivity contribution in [1.29, 1.82) is 0 Å². The lowest BCUT2D eigenvalue weighted by atomic mass is 9.98. The summed E-state index contributed by atoms with van der Waals surface area (Å²) < 4.78 is 0. The van der Waals surface area contributed by atoms with Crippen molar-refractivity contribution in [2.24, 2.45) is 5.92 Å². The Bertz CT molecular complexity index is 226. The van der Waals surface area contributed by atoms with Crippen molar-refractivity contribution in [3.63, 3.8) is 0 Å². The Morgan fingerprint density at radius 3 is 2.33 bits per heavy atom. The van der Waals surface area contributed by atoms with Crippen LogP contribution in [0.2, 0.25) is 0 Å². The second-order valence-corrected chi connectivity index (χ2v) is 6.28. The van der Waals surface area contributed by atoms with Gasteiger partial charge in [-0.3, -0.25) is 0 Å². The van der Waals surface area contributed by atoms with Crippen LogP contribution in [0.5, 0.6) is 0 Å². The maximum atomic E-state index is 3.81. The van der Waals surface area contributed by atoms with Crippen LogP contribution in [0.3, 0.4) is 0 Å². The molecule has 0 aliphatic carbocycles. The lowest BCUT2D eigenvalue weighted by Gasteiger charge is -2.34. The lowest BCUT2D eigenvalue weighted by Crippen LogP contribution is -2.56. The molecule has 2 aliphatic rings. The van der Waals surface area contributed by atoms with Gasteiger partial charge >= 0.3 is 0 Å². The van der Waals surface area contributed by atoms with Gasteiger partial charge in [-0.15, -0.1) is 0 Å². The highest BCUT2D eigenvalue weighted by Crippen LogP contribution is 2.11. The largest absolute Gasteiger partial charge is 0.314 e. The monoisotopic (exact) mass is 254 g/mol. The lowest BCUT2D eigenvalue weighted by molar-refractivity contribution is 0.278. The van der Waals surface area contributed by atoms with Gasteiger partial charge in [0.2, 0.25) is 0 Å². The molecule has 0 aromatic rings. The fourth-order valence-corrected chi connectivity index (χ4v) is 3.11. The van der Waals surface area contributed by atoms with E-state index in [0.29, 0.717) is 18.1 Å². The van der Waals surface area contributed by atoms with E-state index in [1.165, 1.54) is 19.3 Å². The van der Waals surface area contributed by atoms with Crippen LogP contribution in [0.15, 0.2) is 0 Å². The standard InChI is InChI=1S/C14H30N4/c1-11(2)7-14-10-16-9-13(18-14)4-3-12-8-15-5-6-17-12/h11-18H,3-10H2,1-2H3/t12-,13?,14+/m0/s1. The molecule has 0 aromatic heterocycles. The maximum absolute atomic E-state index is 3.81. The number of nitrogens with one attached hydrogen (secondary N) is 4. The number of hydrogen-bond acceptors (Lipinski definition) is 4. The van der Waals surface area contributed by atoms with E-state index in [1.807, 2.05) is 0 Å². The molecule has 18 heavy (non-hydrogen) atoms. The van der Waals surface area contributed by atoms with Crippen molar-refractivity contribution >= 4 is 0 Å². The third kappa shape index (κ3) is 4.84. The molecular weight excluding hydrogens is 224 g/mol. The predicted octanol–water partition coefficient (Wildman–Crippen LogP) is 0.304. The molecular formula is C14H30N4. The van der Waals surface area contributed by atoms with Gasteiger partial charge in [0.15, 0.2) is 0 Å². The highest BCUT2D eigenvalue weighted by atomic mass is 15.1. The minimum atomic E-state index is 0.659. The Hall–Kier alpha value is -0.160. The van der Waals surface area contributed by atoms with Crippen molar-refractivity contribution < 1.29 is 0 Å². The van der Waals surface area contributed by atoms with E-state index in [-0.39, 0.29) is 0 Å². The minimum Gasteiger partial charge on any atom is -0.314 e. The van der Waals surface area contributed by atoms with Crippen LogP contribution < -0.4 is 21.3 Å². The Kier molecular flexibility index (Phi) is 5.89. The molecule has 0 bridgehead atoms. The van der Waals surface area contributed by atoms with E-state index in [2.05, 4.69) is 35.1 Å². The summed E-state index contributed by atoms with van der Waals surface area (Å²) >= 11 is 0. The summed E-state index contributed by atoms with van der Waals surface area (Å²) in [6.07, 6.45) is 3.84. The molecule has 3 atom stereocenters. The van der Waals surface area contributed by atoms with Gasteiger partial charge in [-0.2, -0.15) is 0 Å². The number of piperazine rings is 2. The van der Waals surface area contributed by atoms with Gasteiger partial charge in [-0.1, -0.05) is 13.8 Å². The molecule has 2 aliphatic heterocycles. The number of rotatable bonds is 5. The molecule has 1 unspecified atom stereocenters. The summed E-state index contributed by atoms with van der Waals surface area (Å²) in [5.74, 6) is 0.785. The summed E-state index contributed by atoms with van der Waals surface area (Å²) in [5.41, 5.74) is 0. The summed E-state index contributed by atoms with van der Waals surface area (Å²) in [6.45, 7) is 10.3. The van der Waals surface area contributed by atoms with E-state index >= 15 is 0 Å². The van der Waals surface area contributed by atoms with Gasteiger partial charge in [0.1, 0.15) is 0 Å². The summed E-state index contributed by atoms with van der Waals surface area (Å²) in [7, 11) is 0. The van der Waals surface area contributed by atoms with Gasteiger partial charge in [-0.05, 0) is 25.2 Å². The second kappa shape index (κ2) is 7.43. The Morgan fingerprint density at radius 1 is 0.889 bits per heavy atom. The second-order valence-electron chi connectivity index (χ2n) is 6.28. The fourth-order valence-electron chi connectivity index (χ4n) is 3.11. The summed E-state index contributed by atoms with van der Waals surface area (Å²) in [5, 5.41) is 14.4. The van der Waals surface area contributed by atoms with Crippen LogP contribution in [-0.4, -0.2) is 50.8 Å². The van der Waals surface area contributed by atoms with Crippen molar-refractivity contribution in [3.8, 4) is 0 Å².